The Balaban J connectivity index is 2.00. The lowest BCUT2D eigenvalue weighted by molar-refractivity contribution is 0.354. The quantitative estimate of drug-likeness (QED) is 0.688. The Bertz CT molecular complexity index is 1040. The van der Waals surface area contributed by atoms with E-state index in [-0.39, 0.29) is 0 Å². The molecule has 0 aliphatic heterocycles. The molecule has 4 rings (SSSR count). The number of aromatic nitrogens is 1. The highest BCUT2D eigenvalue weighted by molar-refractivity contribution is 5.91. The van der Waals surface area contributed by atoms with Gasteiger partial charge in [-0.25, -0.2) is 4.98 Å². The van der Waals surface area contributed by atoms with Crippen LogP contribution in [0.1, 0.15) is 16.7 Å². The molecule has 0 bridgehead atoms. The molecule has 0 spiro atoms. The Morgan fingerprint density at radius 3 is 2.00 bits per heavy atom. The molecule has 0 N–H and O–H groups in total. The Morgan fingerprint density at radius 2 is 1.33 bits per heavy atom. The standard InChI is InChI=1S/C22H23NO4/c1-12-14-7-6-13-8-18(24-2)20(26-4)10-16(13)22(14)23-17-11-21(27-5)19(25-3)9-15(12)17/h8-11H,6-7H2,1-5H3. The number of fused-ring (bicyclic) bond motifs is 4. The SMILES string of the molecule is COc1cc2c(cc1OC)-c1nc3cc(OC)c(OC)cc3c(C)c1CC2. The largest absolute Gasteiger partial charge is 0.493 e. The summed E-state index contributed by atoms with van der Waals surface area (Å²) in [6.45, 7) is 2.15. The van der Waals surface area contributed by atoms with Gasteiger partial charge in [-0.1, -0.05) is 0 Å². The molecule has 0 radical (unpaired) electrons. The van der Waals surface area contributed by atoms with Gasteiger partial charge in [0, 0.05) is 17.0 Å². The number of nitrogens with zero attached hydrogens (tertiary/aromatic N) is 1. The van der Waals surface area contributed by atoms with Crippen LogP contribution < -0.4 is 18.9 Å². The molecule has 140 valence electrons. The summed E-state index contributed by atoms with van der Waals surface area (Å²) in [5.74, 6) is 2.87. The van der Waals surface area contributed by atoms with Crippen LogP contribution in [-0.2, 0) is 12.8 Å². The average molecular weight is 365 g/mol. The Kier molecular flexibility index (Phi) is 4.30. The third-order valence-corrected chi connectivity index (χ3v) is 5.39. The summed E-state index contributed by atoms with van der Waals surface area (Å²) in [5.41, 5.74) is 6.74. The number of hydrogen-bond donors (Lipinski definition) is 0. The molecule has 0 amide bonds. The van der Waals surface area contributed by atoms with Gasteiger partial charge in [0.05, 0.1) is 39.6 Å². The molecule has 1 aromatic heterocycles. The maximum atomic E-state index is 5.51. The van der Waals surface area contributed by atoms with Crippen molar-refractivity contribution in [2.45, 2.75) is 19.8 Å². The van der Waals surface area contributed by atoms with Crippen LogP contribution >= 0.6 is 0 Å². The number of ether oxygens (including phenoxy) is 4. The Labute approximate surface area is 158 Å². The van der Waals surface area contributed by atoms with Crippen LogP contribution in [0.5, 0.6) is 23.0 Å². The molecule has 1 heterocycles. The predicted molar refractivity (Wildman–Crippen MR) is 106 cm³/mol. The Hall–Kier alpha value is -2.95. The van der Waals surface area contributed by atoms with Crippen LogP contribution in [0, 0.1) is 6.92 Å². The fraction of sp³-hybridized carbons (Fsp3) is 0.318. The van der Waals surface area contributed by atoms with Gasteiger partial charge >= 0.3 is 0 Å². The van der Waals surface area contributed by atoms with Crippen molar-refractivity contribution >= 4 is 10.9 Å². The van der Waals surface area contributed by atoms with E-state index in [0.29, 0.717) is 5.75 Å². The monoisotopic (exact) mass is 365 g/mol. The summed E-state index contributed by atoms with van der Waals surface area (Å²) in [5, 5.41) is 1.09. The third kappa shape index (κ3) is 2.65. The predicted octanol–water partition coefficient (Wildman–Crippen LogP) is 4.34. The highest BCUT2D eigenvalue weighted by Crippen LogP contribution is 2.43. The van der Waals surface area contributed by atoms with Crippen molar-refractivity contribution in [2.75, 3.05) is 28.4 Å². The van der Waals surface area contributed by atoms with Crippen molar-refractivity contribution in [1.82, 2.24) is 4.98 Å². The van der Waals surface area contributed by atoms with Crippen LogP contribution in [-0.4, -0.2) is 33.4 Å². The molecule has 0 unspecified atom stereocenters. The second-order valence-corrected chi connectivity index (χ2v) is 6.65. The molecule has 3 aromatic rings. The summed E-state index contributed by atoms with van der Waals surface area (Å²) in [4.78, 5) is 5.00. The van der Waals surface area contributed by atoms with Crippen LogP contribution in [0.25, 0.3) is 22.2 Å². The number of rotatable bonds is 4. The van der Waals surface area contributed by atoms with Gasteiger partial charge in [0.25, 0.3) is 0 Å². The second-order valence-electron chi connectivity index (χ2n) is 6.65. The minimum absolute atomic E-state index is 0.681. The molecule has 1 aliphatic rings. The van der Waals surface area contributed by atoms with E-state index in [9.17, 15) is 0 Å². The fourth-order valence-corrected chi connectivity index (χ4v) is 3.93. The molecule has 0 atom stereocenters. The molecule has 27 heavy (non-hydrogen) atoms. The van der Waals surface area contributed by atoms with Crippen molar-refractivity contribution in [2.24, 2.45) is 0 Å². The van der Waals surface area contributed by atoms with Crippen molar-refractivity contribution in [3.63, 3.8) is 0 Å². The van der Waals surface area contributed by atoms with Crippen LogP contribution in [0.15, 0.2) is 24.3 Å². The average Bonchev–Trinajstić information content (AvgIpc) is 2.71. The first-order valence-corrected chi connectivity index (χ1v) is 8.91. The van der Waals surface area contributed by atoms with Crippen molar-refractivity contribution in [3.05, 3.63) is 41.0 Å². The lowest BCUT2D eigenvalue weighted by atomic mass is 9.85. The minimum atomic E-state index is 0.681. The van der Waals surface area contributed by atoms with E-state index in [4.69, 9.17) is 23.9 Å². The van der Waals surface area contributed by atoms with Crippen LogP contribution in [0.3, 0.4) is 0 Å². The molecule has 0 fully saturated rings. The summed E-state index contributed by atoms with van der Waals surface area (Å²) in [6.07, 6.45) is 1.89. The third-order valence-electron chi connectivity index (χ3n) is 5.39. The molecule has 1 aliphatic carbocycles. The van der Waals surface area contributed by atoms with E-state index in [1.807, 2.05) is 18.2 Å². The number of benzene rings is 2. The van der Waals surface area contributed by atoms with Gasteiger partial charge in [-0.15, -0.1) is 0 Å². The molecule has 2 aromatic carbocycles. The van der Waals surface area contributed by atoms with Gasteiger partial charge in [-0.2, -0.15) is 0 Å². The van der Waals surface area contributed by atoms with E-state index in [0.717, 1.165) is 52.3 Å². The van der Waals surface area contributed by atoms with E-state index < -0.39 is 0 Å². The van der Waals surface area contributed by atoms with Crippen LogP contribution in [0.4, 0.5) is 0 Å². The molecule has 5 heteroatoms. The first kappa shape index (κ1) is 17.5. The number of pyridine rings is 1. The zero-order valence-corrected chi connectivity index (χ0v) is 16.3. The van der Waals surface area contributed by atoms with E-state index >= 15 is 0 Å². The fourth-order valence-electron chi connectivity index (χ4n) is 3.93. The lowest BCUT2D eigenvalue weighted by Crippen LogP contribution is -2.09. The molecular weight excluding hydrogens is 342 g/mol. The highest BCUT2D eigenvalue weighted by atomic mass is 16.5. The lowest BCUT2D eigenvalue weighted by Gasteiger charge is -2.24. The number of methoxy groups -OCH3 is 4. The molecule has 0 saturated heterocycles. The summed E-state index contributed by atoms with van der Waals surface area (Å²) >= 11 is 0. The van der Waals surface area contributed by atoms with Gasteiger partial charge in [0.1, 0.15) is 0 Å². The maximum absolute atomic E-state index is 5.51. The summed E-state index contributed by atoms with van der Waals surface area (Å²) in [6, 6.07) is 8.05. The van der Waals surface area contributed by atoms with E-state index in [1.54, 1.807) is 28.4 Å². The summed E-state index contributed by atoms with van der Waals surface area (Å²) < 4.78 is 21.9. The van der Waals surface area contributed by atoms with Gasteiger partial charge in [-0.05, 0) is 54.7 Å². The first-order chi connectivity index (χ1) is 13.1. The van der Waals surface area contributed by atoms with Gasteiger partial charge < -0.3 is 18.9 Å². The van der Waals surface area contributed by atoms with Crippen molar-refractivity contribution in [3.8, 4) is 34.3 Å². The minimum Gasteiger partial charge on any atom is -0.493 e. The Morgan fingerprint density at radius 1 is 0.741 bits per heavy atom. The number of hydrogen-bond acceptors (Lipinski definition) is 5. The van der Waals surface area contributed by atoms with Crippen molar-refractivity contribution in [1.29, 1.82) is 0 Å². The maximum Gasteiger partial charge on any atom is 0.162 e. The zero-order valence-electron chi connectivity index (χ0n) is 16.3. The second kappa shape index (κ2) is 6.65. The normalized spacial score (nSPS) is 12.3. The van der Waals surface area contributed by atoms with E-state index in [1.165, 1.54) is 16.7 Å². The first-order valence-electron chi connectivity index (χ1n) is 8.91. The highest BCUT2D eigenvalue weighted by Gasteiger charge is 2.24. The van der Waals surface area contributed by atoms with Crippen molar-refractivity contribution < 1.29 is 18.9 Å². The molecule has 0 saturated carbocycles. The van der Waals surface area contributed by atoms with Gasteiger partial charge in [0.2, 0.25) is 0 Å². The smallest absolute Gasteiger partial charge is 0.162 e. The zero-order chi connectivity index (χ0) is 19.1. The molecular formula is C22H23NO4. The molecule has 5 nitrogen and oxygen atoms in total. The number of aryl methyl sites for hydroxylation is 2. The van der Waals surface area contributed by atoms with Gasteiger partial charge in [-0.3, -0.25) is 0 Å². The summed E-state index contributed by atoms with van der Waals surface area (Å²) in [7, 11) is 6.61. The van der Waals surface area contributed by atoms with Crippen LogP contribution in [0.2, 0.25) is 0 Å². The van der Waals surface area contributed by atoms with Gasteiger partial charge in [0.15, 0.2) is 23.0 Å². The van der Waals surface area contributed by atoms with E-state index in [2.05, 4.69) is 13.0 Å². The topological polar surface area (TPSA) is 49.8 Å².